The molecule has 1 aromatic rings. The molecule has 0 amide bonds. The molecule has 2 aliphatic rings. The van der Waals surface area contributed by atoms with E-state index in [0.29, 0.717) is 30.6 Å². The highest BCUT2D eigenvalue weighted by atomic mass is 32.2. The Labute approximate surface area is 118 Å². The van der Waals surface area contributed by atoms with Gasteiger partial charge in [0.15, 0.2) is 0 Å². The SMILES string of the molecule is Cc1cc(CS(=O)(=O)N2CC(N3CCNCC3)C2)no1. The lowest BCUT2D eigenvalue weighted by molar-refractivity contribution is 0.0772. The summed E-state index contributed by atoms with van der Waals surface area (Å²) in [4.78, 5) is 2.36. The molecule has 1 N–H and O–H groups in total. The maximum atomic E-state index is 12.2. The lowest BCUT2D eigenvalue weighted by Gasteiger charge is -2.45. The van der Waals surface area contributed by atoms with E-state index in [2.05, 4.69) is 15.4 Å². The average Bonchev–Trinajstić information content (AvgIpc) is 2.73. The highest BCUT2D eigenvalue weighted by Crippen LogP contribution is 2.21. The minimum atomic E-state index is -3.27. The quantitative estimate of drug-likeness (QED) is 0.800. The van der Waals surface area contributed by atoms with Crippen molar-refractivity contribution in [1.29, 1.82) is 0 Å². The number of nitrogens with zero attached hydrogens (tertiary/aromatic N) is 3. The fourth-order valence-corrected chi connectivity index (χ4v) is 4.18. The van der Waals surface area contributed by atoms with Crippen molar-refractivity contribution in [1.82, 2.24) is 19.7 Å². The zero-order chi connectivity index (χ0) is 14.2. The van der Waals surface area contributed by atoms with Crippen molar-refractivity contribution in [3.05, 3.63) is 17.5 Å². The summed E-state index contributed by atoms with van der Waals surface area (Å²) < 4.78 is 30.9. The van der Waals surface area contributed by atoms with Gasteiger partial charge in [-0.1, -0.05) is 5.16 Å². The number of hydrogen-bond donors (Lipinski definition) is 1. The highest BCUT2D eigenvalue weighted by Gasteiger charge is 2.39. The van der Waals surface area contributed by atoms with Gasteiger partial charge >= 0.3 is 0 Å². The minimum absolute atomic E-state index is 0.0708. The molecule has 1 aromatic heterocycles. The highest BCUT2D eigenvalue weighted by molar-refractivity contribution is 7.88. The summed E-state index contributed by atoms with van der Waals surface area (Å²) in [5.74, 6) is 0.566. The van der Waals surface area contributed by atoms with Crippen LogP contribution in [0.2, 0.25) is 0 Å². The number of aryl methyl sites for hydroxylation is 1. The number of hydrogen-bond acceptors (Lipinski definition) is 6. The van der Waals surface area contributed by atoms with E-state index in [1.165, 1.54) is 0 Å². The van der Waals surface area contributed by atoms with Gasteiger partial charge < -0.3 is 9.84 Å². The van der Waals surface area contributed by atoms with E-state index in [1.807, 2.05) is 0 Å². The maximum absolute atomic E-state index is 12.2. The molecule has 8 heteroatoms. The van der Waals surface area contributed by atoms with E-state index in [-0.39, 0.29) is 5.75 Å². The molecule has 0 bridgehead atoms. The van der Waals surface area contributed by atoms with Crippen molar-refractivity contribution in [3.8, 4) is 0 Å². The summed E-state index contributed by atoms with van der Waals surface area (Å²) in [5.41, 5.74) is 0.480. The van der Waals surface area contributed by atoms with E-state index < -0.39 is 10.0 Å². The standard InChI is InChI=1S/C12H20N4O3S/c1-10-6-11(14-19-10)9-20(17,18)16-7-12(8-16)15-4-2-13-3-5-15/h6,12-13H,2-5,7-9H2,1H3. The fourth-order valence-electron chi connectivity index (χ4n) is 2.69. The van der Waals surface area contributed by atoms with Crippen molar-refractivity contribution in [2.75, 3.05) is 39.3 Å². The third-order valence-corrected chi connectivity index (χ3v) is 5.64. The number of aromatic nitrogens is 1. The molecular formula is C12H20N4O3S. The first-order chi connectivity index (χ1) is 9.54. The van der Waals surface area contributed by atoms with Crippen LogP contribution in [0.4, 0.5) is 0 Å². The van der Waals surface area contributed by atoms with Crippen LogP contribution in [0.25, 0.3) is 0 Å². The monoisotopic (exact) mass is 300 g/mol. The molecule has 0 saturated carbocycles. The summed E-state index contributed by atoms with van der Waals surface area (Å²) in [6.07, 6.45) is 0. The number of nitrogens with one attached hydrogen (secondary N) is 1. The van der Waals surface area contributed by atoms with Gasteiger partial charge in [0, 0.05) is 51.4 Å². The number of rotatable bonds is 4. The second kappa shape index (κ2) is 5.44. The van der Waals surface area contributed by atoms with Crippen LogP contribution in [-0.2, 0) is 15.8 Å². The molecule has 7 nitrogen and oxygen atoms in total. The maximum Gasteiger partial charge on any atom is 0.220 e. The van der Waals surface area contributed by atoms with Crippen molar-refractivity contribution in [2.24, 2.45) is 0 Å². The zero-order valence-corrected chi connectivity index (χ0v) is 12.4. The molecule has 2 aliphatic heterocycles. The molecule has 0 aromatic carbocycles. The normalized spacial score (nSPS) is 22.9. The first-order valence-electron chi connectivity index (χ1n) is 6.89. The molecule has 0 radical (unpaired) electrons. The van der Waals surface area contributed by atoms with Crippen LogP contribution in [0.3, 0.4) is 0 Å². The Morgan fingerprint density at radius 1 is 1.40 bits per heavy atom. The summed E-state index contributed by atoms with van der Waals surface area (Å²) in [5, 5.41) is 7.05. The van der Waals surface area contributed by atoms with E-state index in [9.17, 15) is 8.42 Å². The summed E-state index contributed by atoms with van der Waals surface area (Å²) >= 11 is 0. The van der Waals surface area contributed by atoms with Gasteiger partial charge in [0.05, 0.1) is 0 Å². The van der Waals surface area contributed by atoms with Gasteiger partial charge in [-0.2, -0.15) is 4.31 Å². The van der Waals surface area contributed by atoms with Gasteiger partial charge in [-0.05, 0) is 6.92 Å². The molecule has 2 fully saturated rings. The molecule has 3 rings (SSSR count). The Hall–Kier alpha value is -0.960. The van der Waals surface area contributed by atoms with Crippen molar-refractivity contribution >= 4 is 10.0 Å². The van der Waals surface area contributed by atoms with Gasteiger partial charge in [0.1, 0.15) is 17.2 Å². The van der Waals surface area contributed by atoms with E-state index in [0.717, 1.165) is 26.2 Å². The van der Waals surface area contributed by atoms with Crippen LogP contribution in [-0.4, -0.2) is 68.1 Å². The van der Waals surface area contributed by atoms with Gasteiger partial charge in [-0.15, -0.1) is 0 Å². The van der Waals surface area contributed by atoms with Crippen LogP contribution < -0.4 is 5.32 Å². The fraction of sp³-hybridized carbons (Fsp3) is 0.750. The minimum Gasteiger partial charge on any atom is -0.361 e. The Morgan fingerprint density at radius 3 is 2.70 bits per heavy atom. The van der Waals surface area contributed by atoms with Crippen LogP contribution in [0.1, 0.15) is 11.5 Å². The third kappa shape index (κ3) is 2.88. The largest absolute Gasteiger partial charge is 0.361 e. The molecule has 3 heterocycles. The topological polar surface area (TPSA) is 78.7 Å². The van der Waals surface area contributed by atoms with E-state index in [4.69, 9.17) is 4.52 Å². The Morgan fingerprint density at radius 2 is 2.10 bits per heavy atom. The average molecular weight is 300 g/mol. The van der Waals surface area contributed by atoms with Crippen molar-refractivity contribution in [3.63, 3.8) is 0 Å². The van der Waals surface area contributed by atoms with Crippen LogP contribution >= 0.6 is 0 Å². The van der Waals surface area contributed by atoms with Gasteiger partial charge in [-0.3, -0.25) is 4.90 Å². The van der Waals surface area contributed by atoms with Gasteiger partial charge in [0.25, 0.3) is 0 Å². The lowest BCUT2D eigenvalue weighted by atomic mass is 10.1. The summed E-state index contributed by atoms with van der Waals surface area (Å²) in [6.45, 7) is 6.93. The Balaban J connectivity index is 1.55. The summed E-state index contributed by atoms with van der Waals surface area (Å²) in [6, 6.07) is 2.04. The zero-order valence-electron chi connectivity index (χ0n) is 11.6. The molecule has 0 aliphatic carbocycles. The van der Waals surface area contributed by atoms with Crippen LogP contribution in [0.15, 0.2) is 10.6 Å². The van der Waals surface area contributed by atoms with Crippen LogP contribution in [0, 0.1) is 6.92 Å². The van der Waals surface area contributed by atoms with E-state index in [1.54, 1.807) is 17.3 Å². The lowest BCUT2D eigenvalue weighted by Crippen LogP contribution is -2.63. The predicted octanol–water partition coefficient (Wildman–Crippen LogP) is -0.598. The Bertz CT molecular complexity index is 559. The van der Waals surface area contributed by atoms with Crippen molar-refractivity contribution in [2.45, 2.75) is 18.7 Å². The second-order valence-electron chi connectivity index (χ2n) is 5.44. The van der Waals surface area contributed by atoms with Crippen molar-refractivity contribution < 1.29 is 12.9 Å². The van der Waals surface area contributed by atoms with Crippen LogP contribution in [0.5, 0.6) is 0 Å². The van der Waals surface area contributed by atoms with E-state index >= 15 is 0 Å². The summed E-state index contributed by atoms with van der Waals surface area (Å²) in [7, 11) is -3.27. The Kier molecular flexibility index (Phi) is 3.80. The van der Waals surface area contributed by atoms with Gasteiger partial charge in [0.2, 0.25) is 10.0 Å². The second-order valence-corrected chi connectivity index (χ2v) is 7.41. The van der Waals surface area contributed by atoms with Gasteiger partial charge in [-0.25, -0.2) is 8.42 Å². The smallest absolute Gasteiger partial charge is 0.220 e. The molecule has 0 atom stereocenters. The number of piperazine rings is 1. The molecule has 2 saturated heterocycles. The third-order valence-electron chi connectivity index (χ3n) is 3.90. The first kappa shape index (κ1) is 14.0. The molecule has 112 valence electrons. The molecule has 0 unspecified atom stereocenters. The first-order valence-corrected chi connectivity index (χ1v) is 8.50. The molecule has 0 spiro atoms. The number of sulfonamides is 1. The molecular weight excluding hydrogens is 280 g/mol. The molecule has 20 heavy (non-hydrogen) atoms. The predicted molar refractivity (Wildman–Crippen MR) is 73.7 cm³/mol.